The highest BCUT2D eigenvalue weighted by atomic mass is 79.9. The van der Waals surface area contributed by atoms with E-state index in [9.17, 15) is 9.59 Å². The zero-order valence-electron chi connectivity index (χ0n) is 13.9. The first kappa shape index (κ1) is 18.3. The Bertz CT molecular complexity index is 665. The number of esters is 1. The van der Waals surface area contributed by atoms with Gasteiger partial charge in [-0.05, 0) is 35.7 Å². The Balaban J connectivity index is 2.35. The van der Waals surface area contributed by atoms with Crippen molar-refractivity contribution in [1.29, 1.82) is 0 Å². The van der Waals surface area contributed by atoms with Crippen molar-refractivity contribution in [3.8, 4) is 5.75 Å². The van der Waals surface area contributed by atoms with E-state index in [2.05, 4.69) is 22.5 Å². The van der Waals surface area contributed by atoms with Crippen LogP contribution in [-0.2, 0) is 14.3 Å². The van der Waals surface area contributed by atoms with Gasteiger partial charge in [-0.25, -0.2) is 0 Å². The summed E-state index contributed by atoms with van der Waals surface area (Å²) in [6.07, 6.45) is 1.68. The number of β-lactam (4-membered cyclic amide) rings is 1. The third-order valence-electron chi connectivity index (χ3n) is 3.82. The second-order valence-electron chi connectivity index (χ2n) is 5.43. The van der Waals surface area contributed by atoms with Crippen molar-refractivity contribution < 1.29 is 19.1 Å². The smallest absolute Gasteiger partial charge is 0.302 e. The molecule has 1 heterocycles. The van der Waals surface area contributed by atoms with Crippen LogP contribution in [0.3, 0.4) is 0 Å². The fourth-order valence-corrected chi connectivity index (χ4v) is 3.11. The van der Waals surface area contributed by atoms with Gasteiger partial charge in [-0.2, -0.15) is 0 Å². The Hall–Kier alpha value is -2.08. The van der Waals surface area contributed by atoms with Gasteiger partial charge in [-0.15, -0.1) is 0 Å². The number of carbonyl (C=O) groups is 2. The minimum Gasteiger partial charge on any atom is -0.497 e. The monoisotopic (exact) mass is 393 g/mol. The van der Waals surface area contributed by atoms with E-state index in [1.807, 2.05) is 12.1 Å². The van der Waals surface area contributed by atoms with Crippen LogP contribution >= 0.6 is 15.9 Å². The molecule has 1 aromatic rings. The van der Waals surface area contributed by atoms with Crippen LogP contribution in [0.5, 0.6) is 5.75 Å². The minimum absolute atomic E-state index is 0.0926. The Morgan fingerprint density at radius 1 is 1.42 bits per heavy atom. The van der Waals surface area contributed by atoms with Crippen molar-refractivity contribution in [1.82, 2.24) is 0 Å². The van der Waals surface area contributed by atoms with E-state index in [0.717, 1.165) is 5.69 Å². The Labute approximate surface area is 150 Å². The van der Waals surface area contributed by atoms with Gasteiger partial charge in [0.25, 0.3) is 5.91 Å². The standard InChI is InChI=1S/C18H20BrNO4/c1-5-15-17(16(10-11(2)19)24-12(3)21)20(18(15)22)13-6-8-14(23-4)9-7-13/h5-9,16-17H,2,10H2,1,3-4H3/b15-5+/t16-,17-/m1/s1. The van der Waals surface area contributed by atoms with Gasteiger partial charge < -0.3 is 9.47 Å². The minimum atomic E-state index is -0.500. The van der Waals surface area contributed by atoms with Crippen LogP contribution in [0.4, 0.5) is 5.69 Å². The topological polar surface area (TPSA) is 55.8 Å². The molecule has 0 saturated carbocycles. The molecule has 0 spiro atoms. The molecule has 1 aromatic carbocycles. The maximum absolute atomic E-state index is 12.5. The SMILES string of the molecule is C=C(Br)C[C@@H](OC(C)=O)[C@H]1/C(=C\C)C(=O)N1c1ccc(OC)cc1. The molecule has 0 N–H and O–H groups in total. The lowest BCUT2D eigenvalue weighted by molar-refractivity contribution is -0.148. The van der Waals surface area contributed by atoms with E-state index in [4.69, 9.17) is 9.47 Å². The number of hydrogen-bond donors (Lipinski definition) is 0. The van der Waals surface area contributed by atoms with Crippen molar-refractivity contribution in [2.45, 2.75) is 32.4 Å². The second kappa shape index (κ2) is 7.66. The van der Waals surface area contributed by atoms with Crippen molar-refractivity contribution in [3.63, 3.8) is 0 Å². The van der Waals surface area contributed by atoms with Crippen molar-refractivity contribution in [2.24, 2.45) is 0 Å². The zero-order chi connectivity index (χ0) is 17.9. The van der Waals surface area contributed by atoms with E-state index in [1.165, 1.54) is 6.92 Å². The number of hydrogen-bond acceptors (Lipinski definition) is 4. The highest BCUT2D eigenvalue weighted by molar-refractivity contribution is 9.11. The van der Waals surface area contributed by atoms with Gasteiger partial charge in [-0.3, -0.25) is 14.5 Å². The second-order valence-corrected chi connectivity index (χ2v) is 6.55. The van der Waals surface area contributed by atoms with E-state index in [0.29, 0.717) is 22.2 Å². The van der Waals surface area contributed by atoms with Crippen LogP contribution in [0, 0.1) is 0 Å². The summed E-state index contributed by atoms with van der Waals surface area (Å²) in [6, 6.07) is 6.86. The number of rotatable bonds is 6. The average Bonchev–Trinajstić information content (AvgIpc) is 2.52. The van der Waals surface area contributed by atoms with Gasteiger partial charge in [0.1, 0.15) is 17.9 Å². The van der Waals surface area contributed by atoms with E-state index in [1.54, 1.807) is 37.1 Å². The number of methoxy groups -OCH3 is 1. The fraction of sp³-hybridized carbons (Fsp3) is 0.333. The largest absolute Gasteiger partial charge is 0.497 e. The van der Waals surface area contributed by atoms with Crippen molar-refractivity contribution >= 4 is 33.5 Å². The van der Waals surface area contributed by atoms with Crippen LogP contribution in [0.1, 0.15) is 20.3 Å². The summed E-state index contributed by atoms with van der Waals surface area (Å²) in [5.41, 5.74) is 1.36. The molecule has 1 fully saturated rings. The predicted octanol–water partition coefficient (Wildman–Crippen LogP) is 3.59. The molecule has 2 atom stereocenters. The van der Waals surface area contributed by atoms with Gasteiger partial charge in [-0.1, -0.05) is 28.6 Å². The molecular formula is C18H20BrNO4. The summed E-state index contributed by atoms with van der Waals surface area (Å²) in [6.45, 7) is 6.98. The lowest BCUT2D eigenvalue weighted by Crippen LogP contribution is -2.61. The molecule has 0 unspecified atom stereocenters. The van der Waals surface area contributed by atoms with Gasteiger partial charge in [0.05, 0.1) is 7.11 Å². The van der Waals surface area contributed by atoms with E-state index < -0.39 is 12.1 Å². The van der Waals surface area contributed by atoms with Crippen molar-refractivity contribution in [3.05, 3.63) is 47.0 Å². The van der Waals surface area contributed by atoms with Crippen LogP contribution in [0.2, 0.25) is 0 Å². The number of allylic oxidation sites excluding steroid dienone is 1. The number of carbonyl (C=O) groups excluding carboxylic acids is 2. The molecule has 24 heavy (non-hydrogen) atoms. The molecule has 0 aliphatic carbocycles. The molecule has 6 heteroatoms. The first-order chi connectivity index (χ1) is 11.4. The highest BCUT2D eigenvalue weighted by Gasteiger charge is 2.48. The number of benzene rings is 1. The first-order valence-electron chi connectivity index (χ1n) is 7.53. The van der Waals surface area contributed by atoms with Crippen LogP contribution < -0.4 is 9.64 Å². The molecule has 1 aliphatic heterocycles. The fourth-order valence-electron chi connectivity index (χ4n) is 2.80. The number of ether oxygens (including phenoxy) is 2. The number of anilines is 1. The third kappa shape index (κ3) is 3.70. The molecular weight excluding hydrogens is 374 g/mol. The molecule has 1 aliphatic rings. The third-order valence-corrected chi connectivity index (χ3v) is 4.14. The molecule has 5 nitrogen and oxygen atoms in total. The van der Waals surface area contributed by atoms with E-state index >= 15 is 0 Å². The lowest BCUT2D eigenvalue weighted by Gasteiger charge is -2.46. The Kier molecular flexibility index (Phi) is 5.83. The summed E-state index contributed by atoms with van der Waals surface area (Å²) in [5.74, 6) is 0.225. The van der Waals surface area contributed by atoms with Crippen molar-refractivity contribution in [2.75, 3.05) is 12.0 Å². The molecule has 0 radical (unpaired) electrons. The average molecular weight is 394 g/mol. The first-order valence-corrected chi connectivity index (χ1v) is 8.32. The maximum atomic E-state index is 12.5. The predicted molar refractivity (Wildman–Crippen MR) is 96.3 cm³/mol. The lowest BCUT2D eigenvalue weighted by atomic mass is 9.87. The Morgan fingerprint density at radius 2 is 2.04 bits per heavy atom. The molecule has 0 bridgehead atoms. The zero-order valence-corrected chi connectivity index (χ0v) is 15.5. The van der Waals surface area contributed by atoms with E-state index in [-0.39, 0.29) is 11.9 Å². The van der Waals surface area contributed by atoms with Crippen LogP contribution in [-0.4, -0.2) is 31.1 Å². The van der Waals surface area contributed by atoms with Crippen LogP contribution in [0.25, 0.3) is 0 Å². The summed E-state index contributed by atoms with van der Waals surface area (Å²) in [4.78, 5) is 25.6. The normalized spacial score (nSPS) is 19.7. The quantitative estimate of drug-likeness (QED) is 0.421. The van der Waals surface area contributed by atoms with Crippen LogP contribution in [0.15, 0.2) is 47.0 Å². The maximum Gasteiger partial charge on any atom is 0.302 e. The number of amides is 1. The summed E-state index contributed by atoms with van der Waals surface area (Å²) < 4.78 is 11.3. The molecule has 1 saturated heterocycles. The van der Waals surface area contributed by atoms with Gasteiger partial charge >= 0.3 is 5.97 Å². The number of halogens is 1. The molecule has 1 amide bonds. The molecule has 2 rings (SSSR count). The molecule has 0 aromatic heterocycles. The summed E-state index contributed by atoms with van der Waals surface area (Å²) in [7, 11) is 1.59. The highest BCUT2D eigenvalue weighted by Crippen LogP contribution is 2.37. The van der Waals surface area contributed by atoms with Gasteiger partial charge in [0.2, 0.25) is 0 Å². The number of nitrogens with zero attached hydrogens (tertiary/aromatic N) is 1. The van der Waals surface area contributed by atoms with Gasteiger partial charge in [0.15, 0.2) is 0 Å². The summed E-state index contributed by atoms with van der Waals surface area (Å²) in [5, 5.41) is 0. The Morgan fingerprint density at radius 3 is 2.50 bits per heavy atom. The van der Waals surface area contributed by atoms with Gasteiger partial charge in [0, 0.05) is 24.6 Å². The molecule has 128 valence electrons. The summed E-state index contributed by atoms with van der Waals surface area (Å²) >= 11 is 3.31.